The zero-order chi connectivity index (χ0) is 30.1. The van der Waals surface area contributed by atoms with Gasteiger partial charge in [0.1, 0.15) is 5.75 Å². The molecule has 12 nitrogen and oxygen atoms in total. The van der Waals surface area contributed by atoms with E-state index in [-0.39, 0.29) is 24.0 Å². The second kappa shape index (κ2) is 10.0. The zero-order valence-corrected chi connectivity index (χ0v) is 23.7. The van der Waals surface area contributed by atoms with E-state index in [0.717, 1.165) is 19.3 Å². The molecule has 4 N–H and O–H groups in total. The number of nitrogens with two attached hydrogens (primary N) is 1. The highest BCUT2D eigenvalue weighted by atomic mass is 16.3. The number of hydrogen-bond donors (Lipinski definition) is 3. The SMILES string of the molecule is CN(C)c1cc(C(=O)N2CCCCC2)c(O)c2c1C[C@H]1C[C@H]3[C@H](N(C)C)C(=O)C(C(N)=O)C(=O)[C@@]3(O)C(=O)C1C2=O. The zero-order valence-electron chi connectivity index (χ0n) is 23.7. The second-order valence-corrected chi connectivity index (χ2v) is 12.2. The van der Waals surface area contributed by atoms with Crippen molar-refractivity contribution in [3.05, 3.63) is 22.8 Å². The first-order valence-electron chi connectivity index (χ1n) is 13.9. The molecular formula is C29H36N4O8. The van der Waals surface area contributed by atoms with Gasteiger partial charge in [-0.3, -0.25) is 33.7 Å². The average molecular weight is 569 g/mol. The highest BCUT2D eigenvalue weighted by Crippen LogP contribution is 2.52. The molecule has 2 unspecified atom stereocenters. The third kappa shape index (κ3) is 4.10. The second-order valence-electron chi connectivity index (χ2n) is 12.2. The van der Waals surface area contributed by atoms with E-state index in [1.54, 1.807) is 30.0 Å². The van der Waals surface area contributed by atoms with Gasteiger partial charge in [-0.1, -0.05) is 0 Å². The van der Waals surface area contributed by atoms with E-state index < -0.39 is 76.0 Å². The van der Waals surface area contributed by atoms with E-state index >= 15 is 0 Å². The maximum absolute atomic E-state index is 14.1. The number of carbonyl (C=O) groups is 6. The molecule has 0 bridgehead atoms. The summed E-state index contributed by atoms with van der Waals surface area (Å²) in [7, 11) is 6.57. The molecule has 12 heteroatoms. The Labute approximate surface area is 237 Å². The molecule has 0 aromatic heterocycles. The number of anilines is 1. The topological polar surface area (TPSA) is 179 Å². The van der Waals surface area contributed by atoms with E-state index in [1.165, 1.54) is 19.0 Å². The van der Waals surface area contributed by atoms with Crippen LogP contribution in [-0.2, 0) is 25.6 Å². The van der Waals surface area contributed by atoms with E-state index in [1.807, 2.05) is 0 Å². The fourth-order valence-electron chi connectivity index (χ4n) is 7.48. The van der Waals surface area contributed by atoms with E-state index in [9.17, 15) is 39.0 Å². The van der Waals surface area contributed by atoms with Crippen molar-refractivity contribution in [2.45, 2.75) is 43.7 Å². The number of nitrogens with zero attached hydrogens (tertiary/aromatic N) is 3. The van der Waals surface area contributed by atoms with E-state index in [0.29, 0.717) is 24.3 Å². The molecule has 1 aromatic carbocycles. The van der Waals surface area contributed by atoms with E-state index in [4.69, 9.17) is 5.73 Å². The van der Waals surface area contributed by atoms with Gasteiger partial charge in [-0.15, -0.1) is 0 Å². The number of aromatic hydroxyl groups is 1. The highest BCUT2D eigenvalue weighted by molar-refractivity contribution is 6.32. The summed E-state index contributed by atoms with van der Waals surface area (Å²) in [6.45, 7) is 1.04. The molecule has 3 aliphatic carbocycles. The maximum atomic E-state index is 14.1. The minimum atomic E-state index is -2.79. The third-order valence-corrected chi connectivity index (χ3v) is 9.39. The van der Waals surface area contributed by atoms with Gasteiger partial charge in [0.25, 0.3) is 5.91 Å². The Morgan fingerprint density at radius 3 is 2.22 bits per heavy atom. The maximum Gasteiger partial charge on any atom is 0.257 e. The third-order valence-electron chi connectivity index (χ3n) is 9.39. The largest absolute Gasteiger partial charge is 0.506 e. The monoisotopic (exact) mass is 568 g/mol. The van der Waals surface area contributed by atoms with Crippen molar-refractivity contribution in [2.24, 2.45) is 29.4 Å². The number of fused-ring (bicyclic) bond motifs is 3. The number of ketones is 4. The lowest BCUT2D eigenvalue weighted by molar-refractivity contribution is -0.181. The minimum Gasteiger partial charge on any atom is -0.506 e. The number of phenolic OH excluding ortho intramolecular Hbond substituents is 1. The quantitative estimate of drug-likeness (QED) is 0.403. The molecule has 3 fully saturated rings. The Balaban J connectivity index is 1.64. The smallest absolute Gasteiger partial charge is 0.257 e. The molecule has 220 valence electrons. The molecule has 41 heavy (non-hydrogen) atoms. The first-order chi connectivity index (χ1) is 19.2. The molecule has 2 amide bonds. The summed E-state index contributed by atoms with van der Waals surface area (Å²) in [4.78, 5) is 85.2. The van der Waals surface area contributed by atoms with Crippen LogP contribution in [0.25, 0.3) is 0 Å². The van der Waals surface area contributed by atoms with Crippen LogP contribution in [0, 0.1) is 23.7 Å². The first kappa shape index (κ1) is 28.9. The van der Waals surface area contributed by atoms with Crippen molar-refractivity contribution < 1.29 is 39.0 Å². The van der Waals surface area contributed by atoms with Crippen molar-refractivity contribution in [3.63, 3.8) is 0 Å². The van der Waals surface area contributed by atoms with Gasteiger partial charge < -0.3 is 25.7 Å². The molecule has 6 atom stereocenters. The van der Waals surface area contributed by atoms with Crippen LogP contribution >= 0.6 is 0 Å². The number of piperidine rings is 1. The molecule has 0 radical (unpaired) electrons. The van der Waals surface area contributed by atoms with Crippen LogP contribution in [0.5, 0.6) is 5.75 Å². The number of phenols is 1. The minimum absolute atomic E-state index is 0.0357. The molecule has 5 rings (SSSR count). The van der Waals surface area contributed by atoms with Gasteiger partial charge in [0, 0.05) is 38.8 Å². The van der Waals surface area contributed by atoms with Crippen LogP contribution in [0.3, 0.4) is 0 Å². The van der Waals surface area contributed by atoms with Crippen LogP contribution in [-0.4, -0.2) is 108 Å². The van der Waals surface area contributed by atoms with Crippen LogP contribution < -0.4 is 10.6 Å². The summed E-state index contributed by atoms with van der Waals surface area (Å²) in [5, 5.41) is 23.1. The van der Waals surface area contributed by atoms with Gasteiger partial charge in [0.05, 0.1) is 23.1 Å². The van der Waals surface area contributed by atoms with Gasteiger partial charge >= 0.3 is 0 Å². The lowest BCUT2D eigenvalue weighted by atomic mass is 9.52. The summed E-state index contributed by atoms with van der Waals surface area (Å²) >= 11 is 0. The van der Waals surface area contributed by atoms with Crippen LogP contribution in [0.15, 0.2) is 6.07 Å². The molecule has 1 aromatic rings. The summed E-state index contributed by atoms with van der Waals surface area (Å²) in [5.74, 6) is -11.7. The number of Topliss-reactive ketones (excluding diaryl/α,β-unsaturated/α-hetero) is 4. The molecule has 0 spiro atoms. The fraction of sp³-hybridized carbons (Fsp3) is 0.586. The van der Waals surface area contributed by atoms with Gasteiger partial charge in [-0.25, -0.2) is 0 Å². The molecule has 1 aliphatic heterocycles. The molecule has 2 saturated carbocycles. The van der Waals surface area contributed by atoms with Crippen molar-refractivity contribution in [3.8, 4) is 5.75 Å². The Bertz CT molecular complexity index is 1380. The Morgan fingerprint density at radius 2 is 1.66 bits per heavy atom. The number of primary amides is 1. The number of carbonyl (C=O) groups excluding carboxylic acids is 6. The number of aliphatic hydroxyl groups is 1. The predicted molar refractivity (Wildman–Crippen MR) is 145 cm³/mol. The van der Waals surface area contributed by atoms with Crippen molar-refractivity contribution in [2.75, 3.05) is 46.2 Å². The lowest BCUT2D eigenvalue weighted by Crippen LogP contribution is -2.74. The van der Waals surface area contributed by atoms with Crippen molar-refractivity contribution in [1.29, 1.82) is 0 Å². The number of likely N-dealkylation sites (N-methyl/N-ethyl adjacent to an activating group) is 1. The number of benzene rings is 1. The molecule has 1 heterocycles. The number of hydrogen-bond acceptors (Lipinski definition) is 10. The Hall–Kier alpha value is -3.64. The summed E-state index contributed by atoms with van der Waals surface area (Å²) in [5.41, 5.74) is 3.33. The summed E-state index contributed by atoms with van der Waals surface area (Å²) in [6, 6.07) is 0.399. The summed E-state index contributed by atoms with van der Waals surface area (Å²) in [6.07, 6.45) is 2.74. The van der Waals surface area contributed by atoms with Gasteiger partial charge in [0.2, 0.25) is 5.91 Å². The van der Waals surface area contributed by atoms with Crippen LogP contribution in [0.2, 0.25) is 0 Å². The van der Waals surface area contributed by atoms with Crippen LogP contribution in [0.1, 0.15) is 52.0 Å². The molecule has 1 saturated heterocycles. The molecule has 4 aliphatic rings. The normalized spacial score (nSPS) is 31.5. The van der Waals surface area contributed by atoms with Gasteiger partial charge in [-0.2, -0.15) is 0 Å². The Morgan fingerprint density at radius 1 is 1.02 bits per heavy atom. The molecular weight excluding hydrogens is 532 g/mol. The average Bonchev–Trinajstić information content (AvgIpc) is 2.90. The van der Waals surface area contributed by atoms with Crippen molar-refractivity contribution >= 4 is 40.6 Å². The number of rotatable bonds is 4. The van der Waals surface area contributed by atoms with Crippen LogP contribution in [0.4, 0.5) is 5.69 Å². The number of amides is 2. The highest BCUT2D eigenvalue weighted by Gasteiger charge is 2.69. The first-order valence-corrected chi connectivity index (χ1v) is 13.9. The fourth-order valence-corrected chi connectivity index (χ4v) is 7.48. The van der Waals surface area contributed by atoms with Crippen molar-refractivity contribution in [1.82, 2.24) is 9.80 Å². The predicted octanol–water partition coefficient (Wildman–Crippen LogP) is -0.441. The summed E-state index contributed by atoms with van der Waals surface area (Å²) < 4.78 is 0. The van der Waals surface area contributed by atoms with Gasteiger partial charge in [0.15, 0.2) is 34.7 Å². The van der Waals surface area contributed by atoms with Gasteiger partial charge in [-0.05, 0) is 63.7 Å². The number of likely N-dealkylation sites (tertiary alicyclic amines) is 1. The standard InChI is InChI=1S/C29H36N4O8/c1-31(2)17-12-15(28(40)33-8-6-5-7-9-33)22(34)19-14(17)10-13-11-16-21(32(3)4)24(36)20(27(30)39)26(38)29(16,41)25(37)18(13)23(19)35/h12-13,16,18,20-21,34,41H,5-11H2,1-4H3,(H2,30,39)/t13-,16-,18?,20?,21-,29-/m0/s1. The lowest BCUT2D eigenvalue weighted by Gasteiger charge is -2.52. The van der Waals surface area contributed by atoms with E-state index in [2.05, 4.69) is 0 Å². The Kier molecular flexibility index (Phi) is 7.06.